The number of hydrogen-bond donors (Lipinski definition) is 0. The number of hydrogen-bond acceptors (Lipinski definition) is 2. The molecule has 3 heteroatoms. The molecule has 1 aliphatic carbocycles. The van der Waals surface area contributed by atoms with E-state index < -0.39 is 6.17 Å². The number of ether oxygens (including phenoxy) is 1. The Hall–Kier alpha value is -0.440. The predicted molar refractivity (Wildman–Crippen MR) is 43.7 cm³/mol. The first-order chi connectivity index (χ1) is 5.65. The average molecular weight is 174 g/mol. The monoisotopic (exact) mass is 174 g/mol. The van der Waals surface area contributed by atoms with Gasteiger partial charge in [0.25, 0.3) is 0 Å². The number of alkyl halides is 1. The van der Waals surface area contributed by atoms with E-state index >= 15 is 0 Å². The van der Waals surface area contributed by atoms with Gasteiger partial charge in [-0.15, -0.1) is 0 Å². The van der Waals surface area contributed by atoms with Crippen molar-refractivity contribution in [3.8, 4) is 0 Å². The third-order valence-electron chi connectivity index (χ3n) is 2.55. The normalized spacial score (nSPS) is 36.4. The maximum Gasteiger partial charge on any atom is 0.135 e. The zero-order valence-corrected chi connectivity index (χ0v) is 7.55. The Labute approximate surface area is 72.1 Å². The van der Waals surface area contributed by atoms with E-state index in [1.165, 1.54) is 6.92 Å². The molecule has 0 saturated heterocycles. The minimum Gasteiger partial charge on any atom is -0.381 e. The maximum absolute atomic E-state index is 12.9. The highest BCUT2D eigenvalue weighted by atomic mass is 19.1. The predicted octanol–water partition coefficient (Wildman–Crippen LogP) is 1.73. The summed E-state index contributed by atoms with van der Waals surface area (Å²) in [6.07, 6.45) is 0.665. The fraction of sp³-hybridized carbons (Fsp3) is 0.889. The second kappa shape index (κ2) is 3.99. The minimum absolute atomic E-state index is 0.0456. The van der Waals surface area contributed by atoms with Crippen LogP contribution in [0, 0.1) is 5.92 Å². The Morgan fingerprint density at radius 3 is 2.67 bits per heavy atom. The van der Waals surface area contributed by atoms with Gasteiger partial charge in [-0.1, -0.05) is 0 Å². The molecule has 0 N–H and O–H groups in total. The number of halogens is 1. The van der Waals surface area contributed by atoms with Crippen molar-refractivity contribution in [1.82, 2.24) is 0 Å². The molecule has 1 saturated carbocycles. The fourth-order valence-corrected chi connectivity index (χ4v) is 1.80. The van der Waals surface area contributed by atoms with E-state index in [2.05, 4.69) is 0 Å². The highest BCUT2D eigenvalue weighted by Crippen LogP contribution is 2.29. The van der Waals surface area contributed by atoms with E-state index in [4.69, 9.17) is 4.74 Å². The Balaban J connectivity index is 2.58. The van der Waals surface area contributed by atoms with Crippen LogP contribution in [0.15, 0.2) is 0 Å². The van der Waals surface area contributed by atoms with Crippen LogP contribution < -0.4 is 0 Å². The number of carbonyl (C=O) groups is 1. The first-order valence-corrected chi connectivity index (χ1v) is 4.32. The van der Waals surface area contributed by atoms with Crippen molar-refractivity contribution >= 4 is 5.78 Å². The summed E-state index contributed by atoms with van der Waals surface area (Å²) < 4.78 is 18.0. The topological polar surface area (TPSA) is 26.3 Å². The number of ketones is 1. The second-order valence-electron chi connectivity index (χ2n) is 3.40. The van der Waals surface area contributed by atoms with Gasteiger partial charge in [0.1, 0.15) is 12.0 Å². The van der Waals surface area contributed by atoms with E-state index in [9.17, 15) is 9.18 Å². The standard InChI is InChI=1S/C9H15FO2/c1-6(11)8-5-7(10)3-4-9(8)12-2/h7-9H,3-5H2,1-2H3. The number of methoxy groups -OCH3 is 1. The highest BCUT2D eigenvalue weighted by Gasteiger charge is 2.33. The van der Waals surface area contributed by atoms with Crippen LogP contribution in [0.25, 0.3) is 0 Å². The quantitative estimate of drug-likeness (QED) is 0.637. The van der Waals surface area contributed by atoms with Gasteiger partial charge in [0, 0.05) is 13.0 Å². The lowest BCUT2D eigenvalue weighted by Crippen LogP contribution is -2.35. The number of Topliss-reactive ketones (excluding diaryl/α,β-unsaturated/α-hetero) is 1. The summed E-state index contributed by atoms with van der Waals surface area (Å²) in [4.78, 5) is 11.1. The summed E-state index contributed by atoms with van der Waals surface area (Å²) in [5.74, 6) is -0.178. The van der Waals surface area contributed by atoms with Gasteiger partial charge in [0.2, 0.25) is 0 Å². The molecule has 0 amide bonds. The van der Waals surface area contributed by atoms with E-state index in [1.807, 2.05) is 0 Å². The summed E-state index contributed by atoms with van der Waals surface area (Å²) >= 11 is 0. The highest BCUT2D eigenvalue weighted by molar-refractivity contribution is 5.79. The van der Waals surface area contributed by atoms with Crippen LogP contribution in [0.1, 0.15) is 26.2 Å². The van der Waals surface area contributed by atoms with E-state index in [-0.39, 0.29) is 17.8 Å². The van der Waals surface area contributed by atoms with Crippen LogP contribution in [-0.4, -0.2) is 25.2 Å². The molecule has 3 atom stereocenters. The summed E-state index contributed by atoms with van der Waals surface area (Å²) in [6.45, 7) is 1.51. The van der Waals surface area contributed by atoms with Gasteiger partial charge >= 0.3 is 0 Å². The molecule has 0 aliphatic heterocycles. The lowest BCUT2D eigenvalue weighted by molar-refractivity contribution is -0.128. The second-order valence-corrected chi connectivity index (χ2v) is 3.40. The summed E-state index contributed by atoms with van der Waals surface area (Å²) in [6, 6.07) is 0. The molecule has 1 fully saturated rings. The third kappa shape index (κ3) is 2.03. The zero-order valence-electron chi connectivity index (χ0n) is 7.55. The Morgan fingerprint density at radius 1 is 1.50 bits per heavy atom. The molecule has 0 aromatic carbocycles. The first-order valence-electron chi connectivity index (χ1n) is 4.32. The van der Waals surface area contributed by atoms with Crippen LogP contribution in [-0.2, 0) is 9.53 Å². The summed E-state index contributed by atoms with van der Waals surface area (Å²) in [5.41, 5.74) is 0. The van der Waals surface area contributed by atoms with Crippen molar-refractivity contribution in [3.63, 3.8) is 0 Å². The van der Waals surface area contributed by atoms with E-state index in [0.29, 0.717) is 19.3 Å². The molecular formula is C9H15FO2. The van der Waals surface area contributed by atoms with Gasteiger partial charge < -0.3 is 4.74 Å². The fourth-order valence-electron chi connectivity index (χ4n) is 1.80. The lowest BCUT2D eigenvalue weighted by Gasteiger charge is -2.30. The van der Waals surface area contributed by atoms with Crippen molar-refractivity contribution in [2.24, 2.45) is 5.92 Å². The van der Waals surface area contributed by atoms with Gasteiger partial charge in [-0.2, -0.15) is 0 Å². The molecule has 12 heavy (non-hydrogen) atoms. The van der Waals surface area contributed by atoms with E-state index in [1.54, 1.807) is 7.11 Å². The third-order valence-corrected chi connectivity index (χ3v) is 2.55. The molecule has 1 aliphatic rings. The molecular weight excluding hydrogens is 159 g/mol. The van der Waals surface area contributed by atoms with Crippen LogP contribution in [0.5, 0.6) is 0 Å². The minimum atomic E-state index is -0.815. The molecule has 0 aromatic rings. The molecule has 0 spiro atoms. The summed E-state index contributed by atoms with van der Waals surface area (Å²) in [7, 11) is 1.58. The van der Waals surface area contributed by atoms with Gasteiger partial charge in [-0.3, -0.25) is 4.79 Å². The van der Waals surface area contributed by atoms with Crippen molar-refractivity contribution in [3.05, 3.63) is 0 Å². The molecule has 0 aromatic heterocycles. The van der Waals surface area contributed by atoms with Crippen LogP contribution >= 0.6 is 0 Å². The summed E-state index contributed by atoms with van der Waals surface area (Å²) in [5, 5.41) is 0. The van der Waals surface area contributed by atoms with Crippen molar-refractivity contribution in [2.75, 3.05) is 7.11 Å². The molecule has 3 unspecified atom stereocenters. The SMILES string of the molecule is COC1CCC(F)CC1C(C)=O. The molecule has 0 bridgehead atoms. The van der Waals surface area contributed by atoms with Crippen molar-refractivity contribution in [2.45, 2.75) is 38.5 Å². The van der Waals surface area contributed by atoms with Gasteiger partial charge in [-0.25, -0.2) is 4.39 Å². The van der Waals surface area contributed by atoms with Gasteiger partial charge in [0.15, 0.2) is 0 Å². The number of rotatable bonds is 2. The molecule has 2 nitrogen and oxygen atoms in total. The van der Waals surface area contributed by atoms with Crippen LogP contribution in [0.4, 0.5) is 4.39 Å². The largest absolute Gasteiger partial charge is 0.381 e. The lowest BCUT2D eigenvalue weighted by atomic mass is 9.83. The Morgan fingerprint density at radius 2 is 2.17 bits per heavy atom. The van der Waals surface area contributed by atoms with Crippen LogP contribution in [0.3, 0.4) is 0 Å². The molecule has 0 heterocycles. The first kappa shape index (κ1) is 9.65. The molecule has 70 valence electrons. The number of carbonyl (C=O) groups excluding carboxylic acids is 1. The molecule has 1 rings (SSSR count). The van der Waals surface area contributed by atoms with Crippen LogP contribution in [0.2, 0.25) is 0 Å². The van der Waals surface area contributed by atoms with E-state index in [0.717, 1.165) is 0 Å². The Kier molecular flexibility index (Phi) is 3.20. The van der Waals surface area contributed by atoms with Crippen molar-refractivity contribution < 1.29 is 13.9 Å². The maximum atomic E-state index is 12.9. The van der Waals surface area contributed by atoms with Gasteiger partial charge in [0.05, 0.1) is 6.10 Å². The Bertz CT molecular complexity index is 170. The molecule has 0 radical (unpaired) electrons. The smallest absolute Gasteiger partial charge is 0.135 e. The van der Waals surface area contributed by atoms with Crippen molar-refractivity contribution in [1.29, 1.82) is 0 Å². The van der Waals surface area contributed by atoms with Gasteiger partial charge in [-0.05, 0) is 26.2 Å². The zero-order chi connectivity index (χ0) is 9.14. The average Bonchev–Trinajstić information content (AvgIpc) is 2.04.